The van der Waals surface area contributed by atoms with E-state index < -0.39 is 127 Å². The number of aromatic nitrogens is 2. The van der Waals surface area contributed by atoms with Crippen LogP contribution in [0.2, 0.25) is 0 Å². The van der Waals surface area contributed by atoms with Gasteiger partial charge in [-0.2, -0.15) is 9.29 Å². The van der Waals surface area contributed by atoms with E-state index >= 15 is 0 Å². The molecule has 2 aliphatic rings. The van der Waals surface area contributed by atoms with Crippen molar-refractivity contribution in [2.45, 2.75) is 185 Å². The largest absolute Gasteiger partial charge is 0.481 e. The number of nitrogens with zero attached hydrogens (tertiary/aromatic N) is 2. The minimum absolute atomic E-state index is 0.0332. The first-order valence-corrected chi connectivity index (χ1v) is 27.9. The maximum atomic E-state index is 13.3. The fourth-order valence-corrected chi connectivity index (χ4v) is 10.1. The first-order valence-electron chi connectivity index (χ1n) is 24.9. The van der Waals surface area contributed by atoms with Gasteiger partial charge in [-0.05, 0) is 51.0 Å². The van der Waals surface area contributed by atoms with Crippen molar-refractivity contribution in [2.24, 2.45) is 11.8 Å². The molecule has 9 N–H and O–H groups in total. The first kappa shape index (κ1) is 61.9. The number of carbonyl (C=O) groups excluding carboxylic acids is 2. The minimum atomic E-state index is -5.70. The summed E-state index contributed by atoms with van der Waals surface area (Å²) in [7, 11) is -11.3. The summed E-state index contributed by atoms with van der Waals surface area (Å²) < 4.78 is 58.7. The Morgan fingerprint density at radius 3 is 2.17 bits per heavy atom. The number of unbranched alkanes of at least 4 members (excludes halogenated alkanes) is 11. The molecule has 2 unspecified atom stereocenters. The van der Waals surface area contributed by atoms with E-state index in [2.05, 4.69) is 40.5 Å². The molecular formula is C48H79N3O18P2. The Bertz CT molecular complexity index is 2000. The van der Waals surface area contributed by atoms with E-state index in [9.17, 15) is 58.8 Å². The predicted octanol–water partition coefficient (Wildman–Crippen LogP) is 6.16. The van der Waals surface area contributed by atoms with E-state index in [1.54, 1.807) is 0 Å². The number of fused-ring (bicyclic) bond motifs is 3. The molecule has 0 radical (unpaired) electrons. The van der Waals surface area contributed by atoms with Gasteiger partial charge in [0.2, 0.25) is 0 Å². The Balaban J connectivity index is 1.82. The van der Waals surface area contributed by atoms with Crippen molar-refractivity contribution in [2.75, 3.05) is 25.6 Å². The number of aliphatic hydroxyl groups is 5. The second kappa shape index (κ2) is 33.4. The molecule has 1 aromatic heterocycles. The Hall–Kier alpha value is -3.40. The van der Waals surface area contributed by atoms with Gasteiger partial charge in [0.05, 0.1) is 44.1 Å². The third kappa shape index (κ3) is 24.5. The highest BCUT2D eigenvalue weighted by molar-refractivity contribution is 7.61. The van der Waals surface area contributed by atoms with Gasteiger partial charge in [-0.25, -0.2) is 13.9 Å². The van der Waals surface area contributed by atoms with E-state index in [0.29, 0.717) is 19.3 Å². The van der Waals surface area contributed by atoms with Gasteiger partial charge in [-0.3, -0.25) is 23.2 Å². The summed E-state index contributed by atoms with van der Waals surface area (Å²) in [6.07, 6.45) is 14.0. The number of anilines is 1. The number of allylic oxidation sites excluding steroid dienone is 5. The number of ether oxygens (including phenoxy) is 3. The van der Waals surface area contributed by atoms with E-state index in [0.717, 1.165) is 62.1 Å². The maximum absolute atomic E-state index is 13.3. The monoisotopic (exact) mass is 1050 g/mol. The lowest BCUT2D eigenvalue weighted by molar-refractivity contribution is -0.194. The number of nitrogens with two attached hydrogens (primary N) is 1. The summed E-state index contributed by atoms with van der Waals surface area (Å²) in [6, 6.07) is 1.22. The average Bonchev–Trinajstić information content (AvgIpc) is 3.30. The summed E-state index contributed by atoms with van der Waals surface area (Å²) >= 11 is 0. The molecule has 404 valence electrons. The summed E-state index contributed by atoms with van der Waals surface area (Å²) in [5, 5.41) is 57.3. The number of aliphatic hydroxyl groups excluding tert-OH is 5. The number of phosphoric acid groups is 2. The number of nitrogen functional groups attached to an aromatic ring is 1. The van der Waals surface area contributed by atoms with Crippen LogP contribution < -0.4 is 11.4 Å². The number of carbonyl (C=O) groups is 2. The van der Waals surface area contributed by atoms with Crippen LogP contribution in [0.15, 0.2) is 65.7 Å². The lowest BCUT2D eigenvalue weighted by atomic mass is 9.82. The third-order valence-electron chi connectivity index (χ3n) is 12.0. The van der Waals surface area contributed by atoms with E-state index in [1.807, 2.05) is 6.92 Å². The van der Waals surface area contributed by atoms with E-state index in [1.165, 1.54) is 56.1 Å². The van der Waals surface area contributed by atoms with Gasteiger partial charge in [0.1, 0.15) is 30.9 Å². The number of cyclic esters (lactones) is 1. The predicted molar refractivity (Wildman–Crippen MR) is 263 cm³/mol. The van der Waals surface area contributed by atoms with Crippen LogP contribution in [0.1, 0.15) is 142 Å². The molecule has 1 aromatic rings. The second-order valence-electron chi connectivity index (χ2n) is 18.0. The Morgan fingerprint density at radius 1 is 0.859 bits per heavy atom. The van der Waals surface area contributed by atoms with Gasteiger partial charge in [0, 0.05) is 30.9 Å². The van der Waals surface area contributed by atoms with Crippen molar-refractivity contribution in [1.82, 2.24) is 9.55 Å². The maximum Gasteiger partial charge on any atom is 0.481 e. The van der Waals surface area contributed by atoms with Crippen LogP contribution in [0.3, 0.4) is 0 Å². The Kier molecular flexibility index (Phi) is 29.1. The minimum Gasteiger partial charge on any atom is -0.461 e. The Morgan fingerprint density at radius 2 is 1.49 bits per heavy atom. The molecule has 0 aromatic carbocycles. The molecule has 0 saturated carbocycles. The zero-order valence-electron chi connectivity index (χ0n) is 41.1. The molecule has 12 atom stereocenters. The van der Waals surface area contributed by atoms with Gasteiger partial charge in [0.25, 0.3) is 0 Å². The molecule has 2 aliphatic heterocycles. The number of phosphoric ester groups is 2. The van der Waals surface area contributed by atoms with Crippen molar-refractivity contribution in [3.05, 3.63) is 71.4 Å². The van der Waals surface area contributed by atoms with Gasteiger partial charge in [-0.1, -0.05) is 120 Å². The molecule has 71 heavy (non-hydrogen) atoms. The molecular weight excluding hydrogens is 968 g/mol. The fraction of sp³-hybridized carbons (Fsp3) is 0.708. The Labute approximate surface area is 417 Å². The summed E-state index contributed by atoms with van der Waals surface area (Å²) in [5.74, 6) is -4.46. The van der Waals surface area contributed by atoms with Crippen LogP contribution in [-0.2, 0) is 46.3 Å². The van der Waals surface area contributed by atoms with Crippen LogP contribution in [0.25, 0.3) is 0 Å². The van der Waals surface area contributed by atoms with Crippen molar-refractivity contribution < 1.29 is 81.6 Å². The summed E-state index contributed by atoms with van der Waals surface area (Å²) in [5.41, 5.74) is 4.73. The lowest BCUT2D eigenvalue weighted by Gasteiger charge is -2.40. The normalized spacial score (nSPS) is 30.9. The molecule has 21 nitrogen and oxygen atoms in total. The molecule has 2 bridgehead atoms. The highest BCUT2D eigenvalue weighted by Gasteiger charge is 2.45. The summed E-state index contributed by atoms with van der Waals surface area (Å²) in [4.78, 5) is 64.1. The zero-order valence-corrected chi connectivity index (χ0v) is 42.9. The zero-order chi connectivity index (χ0) is 52.2. The van der Waals surface area contributed by atoms with Crippen LogP contribution in [-0.4, -0.2) is 119 Å². The molecule has 0 aliphatic carbocycles. The number of rotatable bonds is 22. The average molecular weight is 1050 g/mol. The van der Waals surface area contributed by atoms with Crippen molar-refractivity contribution in [1.29, 1.82) is 0 Å². The standard InChI is InChI=1S/C48H79N3O18P2/c1-3-5-7-8-9-10-11-12-13-14-15-16-17-18-20-26-44(56)67-36-32-64-43(55)25-22-21-24-38-40(54)31-39(53)37(28-27-35(52)23-19-6-4-2)45(57)46(58)41(34-66-71(62,63)69-70(60,61)65-33-36)68-47(38)51-30-29-42(49)50-48(51)59/h10-13,21-22,27-30,35-41,45-47,52-54,57-58H,3-9,14-20,23-26,31-34H2,1-2H3,(H,60,61)(H,62,63)(H2,49,50,59)/b11-10-,13-12-,22-21-,28-27+/t35-,36-,37+,38-,39-,40+,41-,45+,46-,47-/m1/s1. The molecule has 0 amide bonds. The van der Waals surface area contributed by atoms with Crippen molar-refractivity contribution in [3.63, 3.8) is 0 Å². The SMILES string of the molecule is CCCCCC/C=C\C=C/CCCCCCCC(=O)O[C@@H]1COC(=O)C/C=C\C[C@H]2[C@H](n3ccc(N)nc3=O)O[C@H](COP(=O)(O)OP(=O)(O)OC1)[C@@H](O)[C@@H](O)[C@@H](/C=C/[C@H](O)CCCCC)[C@H](O)C[C@@H]2O. The van der Waals surface area contributed by atoms with Crippen molar-refractivity contribution in [3.8, 4) is 0 Å². The van der Waals surface area contributed by atoms with Crippen molar-refractivity contribution >= 4 is 33.4 Å². The molecule has 3 rings (SSSR count). The first-order chi connectivity index (χ1) is 33.9. The lowest BCUT2D eigenvalue weighted by Crippen LogP contribution is -2.52. The second-order valence-corrected chi connectivity index (χ2v) is 21.0. The van der Waals surface area contributed by atoms with Gasteiger partial charge >= 0.3 is 33.3 Å². The fourth-order valence-electron chi connectivity index (χ4n) is 7.97. The molecule has 23 heteroatoms. The smallest absolute Gasteiger partial charge is 0.461 e. The number of hydrogen-bond acceptors (Lipinski definition) is 18. The highest BCUT2D eigenvalue weighted by Crippen LogP contribution is 2.60. The number of esters is 2. The van der Waals surface area contributed by atoms with Gasteiger partial charge < -0.3 is 55.3 Å². The topological polar surface area (TPSA) is 326 Å². The third-order valence-corrected chi connectivity index (χ3v) is 14.6. The molecule has 3 heterocycles. The molecule has 1 saturated heterocycles. The molecule has 1 fully saturated rings. The van der Waals surface area contributed by atoms with E-state index in [-0.39, 0.29) is 18.7 Å². The van der Waals surface area contributed by atoms with E-state index in [4.69, 9.17) is 29.0 Å². The quantitative estimate of drug-likeness (QED) is 0.0212. The van der Waals surface area contributed by atoms with Crippen LogP contribution >= 0.6 is 15.6 Å². The van der Waals surface area contributed by atoms with Gasteiger partial charge in [-0.15, -0.1) is 0 Å². The molecule has 0 spiro atoms. The number of hydrogen-bond donors (Lipinski definition) is 8. The van der Waals surface area contributed by atoms with Crippen LogP contribution in [0.5, 0.6) is 0 Å². The summed E-state index contributed by atoms with van der Waals surface area (Å²) in [6.45, 7) is 1.36. The van der Waals surface area contributed by atoms with Gasteiger partial charge in [0.15, 0.2) is 6.10 Å². The van der Waals surface area contributed by atoms with Crippen LogP contribution in [0, 0.1) is 11.8 Å². The highest BCUT2D eigenvalue weighted by atomic mass is 31.3. The van der Waals surface area contributed by atoms with Crippen LogP contribution in [0.4, 0.5) is 5.82 Å².